The normalized spacial score (nSPS) is 10.7. The van der Waals surface area contributed by atoms with Crippen LogP contribution in [0.2, 0.25) is 0 Å². The van der Waals surface area contributed by atoms with Gasteiger partial charge in [0.1, 0.15) is 5.82 Å². The number of carbonyl (C=O) groups is 2. The molecule has 0 bridgehead atoms. The summed E-state index contributed by atoms with van der Waals surface area (Å²) in [7, 11) is 0. The van der Waals surface area contributed by atoms with Crippen LogP contribution in [-0.4, -0.2) is 16.6 Å². The van der Waals surface area contributed by atoms with E-state index < -0.39 is 16.6 Å². The maximum atomic E-state index is 13.0. The Balaban J connectivity index is 1.67. The number of nitrogens with one attached hydrogen (secondary N) is 1. The molecule has 3 aromatic rings. The third-order valence-corrected chi connectivity index (χ3v) is 4.03. The number of carbonyl (C=O) groups excluding carboxylic acids is 2. The molecule has 144 valence electrons. The van der Waals surface area contributed by atoms with E-state index in [1.54, 1.807) is 18.2 Å². The van der Waals surface area contributed by atoms with Gasteiger partial charge in [-0.25, -0.2) is 4.39 Å². The molecule has 0 aromatic heterocycles. The van der Waals surface area contributed by atoms with Crippen LogP contribution >= 0.6 is 0 Å². The number of nitro groups is 1. The van der Waals surface area contributed by atoms with Gasteiger partial charge in [-0.15, -0.1) is 0 Å². The van der Waals surface area contributed by atoms with Gasteiger partial charge in [-0.3, -0.25) is 19.7 Å². The van der Waals surface area contributed by atoms with Gasteiger partial charge in [-0.1, -0.05) is 12.1 Å². The van der Waals surface area contributed by atoms with Gasteiger partial charge in [0.15, 0.2) is 5.78 Å². The van der Waals surface area contributed by atoms with Crippen molar-refractivity contribution < 1.29 is 18.9 Å². The number of amides is 1. The van der Waals surface area contributed by atoms with Gasteiger partial charge in [0.05, 0.1) is 4.92 Å². The molecule has 0 atom stereocenters. The number of hydrogen-bond donors (Lipinski definition) is 1. The van der Waals surface area contributed by atoms with E-state index in [1.165, 1.54) is 66.7 Å². The molecule has 0 unspecified atom stereocenters. The number of nitrogens with zero attached hydrogens (tertiary/aromatic N) is 1. The Kier molecular flexibility index (Phi) is 5.89. The van der Waals surface area contributed by atoms with Crippen molar-refractivity contribution in [2.45, 2.75) is 0 Å². The van der Waals surface area contributed by atoms with E-state index in [0.717, 1.165) is 0 Å². The molecular formula is C22H15FN2O4. The van der Waals surface area contributed by atoms with Crippen molar-refractivity contribution in [3.8, 4) is 0 Å². The highest BCUT2D eigenvalue weighted by atomic mass is 19.1. The summed E-state index contributed by atoms with van der Waals surface area (Å²) in [6, 6.07) is 17.4. The second-order valence-electron chi connectivity index (χ2n) is 6.09. The molecule has 7 heteroatoms. The zero-order valence-electron chi connectivity index (χ0n) is 15.0. The Morgan fingerprint density at radius 3 is 2.28 bits per heavy atom. The molecule has 0 aliphatic rings. The average molecular weight is 390 g/mol. The van der Waals surface area contributed by atoms with E-state index in [9.17, 15) is 24.1 Å². The van der Waals surface area contributed by atoms with E-state index in [-0.39, 0.29) is 11.5 Å². The van der Waals surface area contributed by atoms with Crippen molar-refractivity contribution in [2.24, 2.45) is 0 Å². The second kappa shape index (κ2) is 8.71. The fourth-order valence-electron chi connectivity index (χ4n) is 2.57. The molecule has 3 aromatic carbocycles. The van der Waals surface area contributed by atoms with Crippen molar-refractivity contribution in [3.05, 3.63) is 111 Å². The number of rotatable bonds is 6. The Labute approximate surface area is 165 Å². The van der Waals surface area contributed by atoms with Crippen LogP contribution in [-0.2, 0) is 4.79 Å². The second-order valence-corrected chi connectivity index (χ2v) is 6.09. The van der Waals surface area contributed by atoms with Crippen molar-refractivity contribution in [3.63, 3.8) is 0 Å². The Morgan fingerprint density at radius 2 is 1.62 bits per heavy atom. The lowest BCUT2D eigenvalue weighted by molar-refractivity contribution is -0.384. The molecule has 6 nitrogen and oxygen atoms in total. The number of nitro benzene ring substituents is 1. The largest absolute Gasteiger partial charge is 0.322 e. The zero-order valence-corrected chi connectivity index (χ0v) is 15.0. The van der Waals surface area contributed by atoms with Gasteiger partial charge in [-0.2, -0.15) is 0 Å². The highest BCUT2D eigenvalue weighted by Crippen LogP contribution is 2.16. The van der Waals surface area contributed by atoms with Gasteiger partial charge in [-0.05, 0) is 60.2 Å². The third-order valence-electron chi connectivity index (χ3n) is 4.03. The predicted molar refractivity (Wildman–Crippen MR) is 107 cm³/mol. The summed E-state index contributed by atoms with van der Waals surface area (Å²) in [5.41, 5.74) is 1.72. The number of non-ortho nitro benzene ring substituents is 1. The molecule has 0 saturated carbocycles. The van der Waals surface area contributed by atoms with Gasteiger partial charge in [0.2, 0.25) is 5.91 Å². The van der Waals surface area contributed by atoms with Gasteiger partial charge in [0, 0.05) is 35.0 Å². The fourth-order valence-corrected chi connectivity index (χ4v) is 2.57. The maximum absolute atomic E-state index is 13.0. The Bertz CT molecular complexity index is 1090. The first-order valence-corrected chi connectivity index (χ1v) is 8.56. The lowest BCUT2D eigenvalue weighted by atomic mass is 10.0. The smallest absolute Gasteiger partial charge is 0.269 e. The lowest BCUT2D eigenvalue weighted by Gasteiger charge is -2.06. The summed E-state index contributed by atoms with van der Waals surface area (Å²) in [5, 5.41) is 13.3. The van der Waals surface area contributed by atoms with Crippen LogP contribution in [0.1, 0.15) is 21.5 Å². The lowest BCUT2D eigenvalue weighted by Crippen LogP contribution is -2.09. The Morgan fingerprint density at radius 1 is 0.931 bits per heavy atom. The summed E-state index contributed by atoms with van der Waals surface area (Å²) in [6.45, 7) is 0. The molecule has 0 fully saturated rings. The standard InChI is InChI=1S/C22H15FN2O4/c23-18-9-7-16(8-10-18)22(27)17-2-1-3-19(14-17)24-21(26)13-6-15-4-11-20(12-5-15)25(28)29/h1-14H,(H,24,26)/b13-6+. The molecule has 0 spiro atoms. The molecule has 0 heterocycles. The predicted octanol–water partition coefficient (Wildman–Crippen LogP) is 4.62. The van der Waals surface area contributed by atoms with E-state index in [2.05, 4.69) is 5.32 Å². The SMILES string of the molecule is O=C(/C=C/c1ccc([N+](=O)[O-])cc1)Nc1cccc(C(=O)c2ccc(F)cc2)c1. The topological polar surface area (TPSA) is 89.3 Å². The summed E-state index contributed by atoms with van der Waals surface area (Å²) >= 11 is 0. The number of hydrogen-bond acceptors (Lipinski definition) is 4. The summed E-state index contributed by atoms with van der Waals surface area (Å²) in [6.07, 6.45) is 2.81. The summed E-state index contributed by atoms with van der Waals surface area (Å²) in [4.78, 5) is 34.7. The maximum Gasteiger partial charge on any atom is 0.269 e. The minimum atomic E-state index is -0.500. The van der Waals surface area contributed by atoms with E-state index in [4.69, 9.17) is 0 Å². The van der Waals surface area contributed by atoms with Crippen LogP contribution in [0, 0.1) is 15.9 Å². The van der Waals surface area contributed by atoms with Crippen LogP contribution in [0.25, 0.3) is 6.08 Å². The van der Waals surface area contributed by atoms with E-state index in [0.29, 0.717) is 22.4 Å². The summed E-state index contributed by atoms with van der Waals surface area (Å²) in [5.74, 6) is -1.14. The molecule has 0 radical (unpaired) electrons. The van der Waals surface area contributed by atoms with E-state index >= 15 is 0 Å². The van der Waals surface area contributed by atoms with Crippen molar-refractivity contribution in [1.82, 2.24) is 0 Å². The molecule has 1 N–H and O–H groups in total. The molecule has 0 aliphatic carbocycles. The average Bonchev–Trinajstić information content (AvgIpc) is 2.73. The molecule has 3 rings (SSSR count). The van der Waals surface area contributed by atoms with Gasteiger partial charge < -0.3 is 5.32 Å². The monoisotopic (exact) mass is 390 g/mol. The molecule has 0 saturated heterocycles. The molecule has 29 heavy (non-hydrogen) atoms. The van der Waals surface area contributed by atoms with Gasteiger partial charge >= 0.3 is 0 Å². The first-order chi connectivity index (χ1) is 13.9. The van der Waals surface area contributed by atoms with Crippen molar-refractivity contribution in [2.75, 3.05) is 5.32 Å². The van der Waals surface area contributed by atoms with Crippen molar-refractivity contribution in [1.29, 1.82) is 0 Å². The number of benzene rings is 3. The zero-order chi connectivity index (χ0) is 20.8. The van der Waals surface area contributed by atoms with Crippen LogP contribution in [0.5, 0.6) is 0 Å². The van der Waals surface area contributed by atoms with E-state index in [1.807, 2.05) is 0 Å². The third kappa shape index (κ3) is 5.20. The Hall–Kier alpha value is -4.13. The molecule has 0 aliphatic heterocycles. The van der Waals surface area contributed by atoms with Crippen LogP contribution < -0.4 is 5.32 Å². The fraction of sp³-hybridized carbons (Fsp3) is 0. The molecule has 1 amide bonds. The van der Waals surface area contributed by atoms with Crippen LogP contribution in [0.4, 0.5) is 15.8 Å². The highest BCUT2D eigenvalue weighted by molar-refractivity contribution is 6.10. The first kappa shape index (κ1) is 19.6. The van der Waals surface area contributed by atoms with Gasteiger partial charge in [0.25, 0.3) is 5.69 Å². The quantitative estimate of drug-likeness (QED) is 0.288. The number of anilines is 1. The molecular weight excluding hydrogens is 375 g/mol. The van der Waals surface area contributed by atoms with Crippen LogP contribution in [0.3, 0.4) is 0 Å². The van der Waals surface area contributed by atoms with Crippen molar-refractivity contribution >= 4 is 29.1 Å². The minimum Gasteiger partial charge on any atom is -0.322 e. The highest BCUT2D eigenvalue weighted by Gasteiger charge is 2.10. The number of ketones is 1. The first-order valence-electron chi connectivity index (χ1n) is 8.56. The summed E-state index contributed by atoms with van der Waals surface area (Å²) < 4.78 is 13.0. The number of halogens is 1. The van der Waals surface area contributed by atoms with Crippen LogP contribution in [0.15, 0.2) is 78.9 Å². The minimum absolute atomic E-state index is 0.0331.